The van der Waals surface area contributed by atoms with E-state index in [4.69, 9.17) is 0 Å². The number of aryl methyl sites for hydroxylation is 2. The fourth-order valence-electron chi connectivity index (χ4n) is 3.08. The molecular formula is C25H30Cl2Zr-2. The van der Waals surface area contributed by atoms with Crippen molar-refractivity contribution in [2.45, 2.75) is 52.4 Å². The minimum Gasteiger partial charge on any atom is -1.00 e. The summed E-state index contributed by atoms with van der Waals surface area (Å²) in [6.45, 7) is 6.57. The average molecular weight is 493 g/mol. The molecule has 150 valence electrons. The topological polar surface area (TPSA) is 0 Å². The zero-order chi connectivity index (χ0) is 18.8. The molecule has 4 rings (SSSR count). The summed E-state index contributed by atoms with van der Waals surface area (Å²) in [4.78, 5) is 0. The van der Waals surface area contributed by atoms with Crippen LogP contribution in [0.5, 0.6) is 0 Å². The minimum atomic E-state index is 0. The molecule has 0 atom stereocenters. The van der Waals surface area contributed by atoms with Crippen LogP contribution in [-0.2, 0) is 37.1 Å². The Balaban J connectivity index is 0.000000378. The zero-order valence-electron chi connectivity index (χ0n) is 17.1. The minimum absolute atomic E-state index is 0. The van der Waals surface area contributed by atoms with Gasteiger partial charge in [-0.1, -0.05) is 45.4 Å². The predicted molar refractivity (Wildman–Crippen MR) is 111 cm³/mol. The van der Waals surface area contributed by atoms with Gasteiger partial charge in [-0.25, -0.2) is 12.1 Å². The Kier molecular flexibility index (Phi) is 14.7. The van der Waals surface area contributed by atoms with Crippen LogP contribution in [0, 0.1) is 0 Å². The third-order valence-electron chi connectivity index (χ3n) is 4.71. The molecule has 0 aromatic heterocycles. The van der Waals surface area contributed by atoms with Gasteiger partial charge in [-0.2, -0.15) is 47.0 Å². The monoisotopic (exact) mass is 490 g/mol. The molecule has 0 bridgehead atoms. The maximum absolute atomic E-state index is 2.26. The summed E-state index contributed by atoms with van der Waals surface area (Å²) in [6.07, 6.45) is 5.44. The van der Waals surface area contributed by atoms with Gasteiger partial charge >= 0.3 is 70.3 Å². The number of hydrogen-bond donors (Lipinski definition) is 0. The van der Waals surface area contributed by atoms with Gasteiger partial charge in [-0.05, 0) is 0 Å². The first-order chi connectivity index (χ1) is 12.6. The van der Waals surface area contributed by atoms with Crippen molar-refractivity contribution in [3.8, 4) is 0 Å². The predicted octanol–water partition coefficient (Wildman–Crippen LogP) is 0.595. The van der Waals surface area contributed by atoms with Gasteiger partial charge in [0.15, 0.2) is 0 Å². The van der Waals surface area contributed by atoms with Crippen molar-refractivity contribution < 1.29 is 49.0 Å². The van der Waals surface area contributed by atoms with E-state index in [1.54, 1.807) is 11.1 Å². The molecule has 0 saturated heterocycles. The first-order valence-corrected chi connectivity index (χ1v) is 10.9. The standard InChI is InChI=1S/C9H11.C8H11.C8H8.2ClH.Zr/c1-2-5-9-7-3-6-8(9)4-1;1-7(2)8-5-3-4-6-8;1-2-8-6-4-3-5-7-8;;;/h3,6-7H,1-2,4-5H2;3-7H,1-2H3;3-7H,1H3;2*1H;/q2*-1;;;;+2/p-2. The molecule has 3 heteroatoms. The SMILES string of the molecule is CC(C)c1cc[cH-]c1.C[C](=[Zr+2])c1ccccc1.[Cl-].[Cl-].c1cc2c([cH-]1)CCCC2. The van der Waals surface area contributed by atoms with Gasteiger partial charge in [0.25, 0.3) is 0 Å². The van der Waals surface area contributed by atoms with E-state index in [-0.39, 0.29) is 24.8 Å². The summed E-state index contributed by atoms with van der Waals surface area (Å²) in [5.41, 5.74) is 6.00. The molecule has 0 amide bonds. The second kappa shape index (κ2) is 15.1. The molecule has 0 saturated carbocycles. The van der Waals surface area contributed by atoms with Gasteiger partial charge < -0.3 is 24.8 Å². The van der Waals surface area contributed by atoms with Crippen LogP contribution in [0.3, 0.4) is 0 Å². The van der Waals surface area contributed by atoms with E-state index >= 15 is 0 Å². The van der Waals surface area contributed by atoms with E-state index in [1.807, 2.05) is 6.07 Å². The van der Waals surface area contributed by atoms with Crippen molar-refractivity contribution in [3.05, 3.63) is 95.1 Å². The zero-order valence-corrected chi connectivity index (χ0v) is 21.1. The van der Waals surface area contributed by atoms with E-state index in [9.17, 15) is 0 Å². The Morgan fingerprint density at radius 1 is 0.929 bits per heavy atom. The fraction of sp³-hybridized carbons (Fsp3) is 0.320. The van der Waals surface area contributed by atoms with Crippen molar-refractivity contribution in [1.82, 2.24) is 0 Å². The molecule has 3 aromatic rings. The maximum Gasteiger partial charge on any atom is -0.0512 e. The summed E-state index contributed by atoms with van der Waals surface area (Å²) < 4.78 is 1.46. The summed E-state index contributed by atoms with van der Waals surface area (Å²) >= 11 is 1.51. The van der Waals surface area contributed by atoms with Crippen LogP contribution >= 0.6 is 0 Å². The van der Waals surface area contributed by atoms with Crippen molar-refractivity contribution >= 4 is 3.21 Å². The van der Waals surface area contributed by atoms with Crippen LogP contribution in [0.2, 0.25) is 0 Å². The normalized spacial score (nSPS) is 11.5. The fourth-order valence-corrected chi connectivity index (χ4v) is 3.48. The van der Waals surface area contributed by atoms with Gasteiger partial charge in [0.1, 0.15) is 0 Å². The average Bonchev–Trinajstić information content (AvgIpc) is 3.35. The van der Waals surface area contributed by atoms with Crippen molar-refractivity contribution in [3.63, 3.8) is 0 Å². The number of hydrogen-bond acceptors (Lipinski definition) is 0. The Morgan fingerprint density at radius 2 is 1.61 bits per heavy atom. The molecule has 0 N–H and O–H groups in total. The van der Waals surface area contributed by atoms with Crippen LogP contribution in [0.4, 0.5) is 0 Å². The molecule has 0 heterocycles. The first-order valence-electron chi connectivity index (χ1n) is 9.63. The number of halogens is 2. The molecule has 1 aliphatic rings. The van der Waals surface area contributed by atoms with E-state index in [0.717, 1.165) is 0 Å². The molecule has 0 unspecified atom stereocenters. The Morgan fingerprint density at radius 3 is 2.07 bits per heavy atom. The molecule has 28 heavy (non-hydrogen) atoms. The summed E-state index contributed by atoms with van der Waals surface area (Å²) in [7, 11) is 0. The van der Waals surface area contributed by atoms with Crippen molar-refractivity contribution in [2.24, 2.45) is 0 Å². The first kappa shape index (κ1) is 27.3. The quantitative estimate of drug-likeness (QED) is 0.460. The molecule has 3 aromatic carbocycles. The second-order valence-electron chi connectivity index (χ2n) is 7.15. The van der Waals surface area contributed by atoms with Crippen LogP contribution in [0.15, 0.2) is 72.8 Å². The summed E-state index contributed by atoms with van der Waals surface area (Å²) in [5.74, 6) is 0.685. The van der Waals surface area contributed by atoms with Crippen LogP contribution in [-0.4, -0.2) is 3.21 Å². The molecular weight excluding hydrogens is 462 g/mol. The number of rotatable bonds is 2. The van der Waals surface area contributed by atoms with Gasteiger partial charge in [0.2, 0.25) is 0 Å². The van der Waals surface area contributed by atoms with Crippen molar-refractivity contribution in [2.75, 3.05) is 0 Å². The van der Waals surface area contributed by atoms with Gasteiger partial charge in [-0.3, -0.25) is 0 Å². The third kappa shape index (κ3) is 9.64. The number of benzene rings is 1. The third-order valence-corrected chi connectivity index (χ3v) is 5.42. The maximum atomic E-state index is 2.26. The Hall–Kier alpha value is -0.747. The summed E-state index contributed by atoms with van der Waals surface area (Å²) in [5, 5.41) is 0. The van der Waals surface area contributed by atoms with Gasteiger partial charge in [0.05, 0.1) is 0 Å². The molecule has 0 fully saturated rings. The molecule has 0 nitrogen and oxygen atoms in total. The molecule has 1 aliphatic carbocycles. The number of fused-ring (bicyclic) bond motifs is 1. The molecule has 0 radical (unpaired) electrons. The van der Waals surface area contributed by atoms with E-state index in [1.165, 1.54) is 64.3 Å². The van der Waals surface area contributed by atoms with E-state index in [0.29, 0.717) is 5.92 Å². The van der Waals surface area contributed by atoms with Crippen LogP contribution in [0.1, 0.15) is 61.8 Å². The van der Waals surface area contributed by atoms with Gasteiger partial charge in [-0.15, -0.1) is 0 Å². The van der Waals surface area contributed by atoms with Crippen LogP contribution < -0.4 is 24.8 Å². The molecule has 0 spiro atoms. The van der Waals surface area contributed by atoms with E-state index < -0.39 is 0 Å². The largest absolute Gasteiger partial charge is 1.00 e. The smallest absolute Gasteiger partial charge is 0.0512 e. The van der Waals surface area contributed by atoms with Crippen molar-refractivity contribution in [1.29, 1.82) is 0 Å². The van der Waals surface area contributed by atoms with Gasteiger partial charge in [0, 0.05) is 0 Å². The Bertz CT molecular complexity index is 734. The summed E-state index contributed by atoms with van der Waals surface area (Å²) in [6, 6.07) is 25.6. The second-order valence-corrected chi connectivity index (χ2v) is 8.99. The van der Waals surface area contributed by atoms with Crippen LogP contribution in [0.25, 0.3) is 0 Å². The Labute approximate surface area is 198 Å². The molecule has 0 aliphatic heterocycles. The van der Waals surface area contributed by atoms with E-state index in [2.05, 4.69) is 87.5 Å².